The summed E-state index contributed by atoms with van der Waals surface area (Å²) >= 11 is 0. The zero-order valence-corrected chi connectivity index (χ0v) is 10.8. The molecule has 0 aliphatic rings. The number of allylic oxidation sites excluding steroid dienone is 1. The second-order valence-corrected chi connectivity index (χ2v) is 4.14. The molecule has 0 atom stereocenters. The summed E-state index contributed by atoms with van der Waals surface area (Å²) in [6, 6.07) is 0. The molecule has 0 rings (SSSR count). The van der Waals surface area contributed by atoms with Gasteiger partial charge in [-0.05, 0) is 31.9 Å². The summed E-state index contributed by atoms with van der Waals surface area (Å²) in [7, 11) is 3.38. The van der Waals surface area contributed by atoms with Gasteiger partial charge in [0, 0.05) is 26.1 Å². The summed E-state index contributed by atoms with van der Waals surface area (Å²) in [4.78, 5) is 0. The van der Waals surface area contributed by atoms with E-state index in [2.05, 4.69) is 18.6 Å². The molecule has 0 amide bonds. The van der Waals surface area contributed by atoms with Crippen molar-refractivity contribution in [3.8, 4) is 12.3 Å². The summed E-state index contributed by atoms with van der Waals surface area (Å²) in [5, 5.41) is 0. The van der Waals surface area contributed by atoms with Crippen molar-refractivity contribution in [3.63, 3.8) is 0 Å². The van der Waals surface area contributed by atoms with Gasteiger partial charge < -0.3 is 9.47 Å². The van der Waals surface area contributed by atoms with Crippen molar-refractivity contribution in [3.05, 3.63) is 17.4 Å². The predicted molar refractivity (Wildman–Crippen MR) is 67.2 cm³/mol. The van der Waals surface area contributed by atoms with E-state index in [1.54, 1.807) is 14.2 Å². The second kappa shape index (κ2) is 8.19. The van der Waals surface area contributed by atoms with E-state index in [0.29, 0.717) is 19.6 Å². The van der Waals surface area contributed by atoms with Crippen LogP contribution in [-0.2, 0) is 9.47 Å². The summed E-state index contributed by atoms with van der Waals surface area (Å²) in [6.07, 6.45) is 8.84. The van der Waals surface area contributed by atoms with E-state index < -0.39 is 0 Å². The van der Waals surface area contributed by atoms with Crippen LogP contribution in [0.25, 0.3) is 0 Å². The van der Waals surface area contributed by atoms with Crippen LogP contribution in [0.2, 0.25) is 0 Å². The van der Waals surface area contributed by atoms with Gasteiger partial charge in [-0.3, -0.25) is 0 Å². The molecule has 16 heavy (non-hydrogen) atoms. The molecule has 2 heteroatoms. The minimum absolute atomic E-state index is 0.127. The van der Waals surface area contributed by atoms with Gasteiger partial charge in [0.05, 0.1) is 13.2 Å². The molecule has 0 heterocycles. The Bertz CT molecular complexity index is 284. The van der Waals surface area contributed by atoms with Gasteiger partial charge in [-0.25, -0.2) is 0 Å². The van der Waals surface area contributed by atoms with Gasteiger partial charge in [0.25, 0.3) is 0 Å². The summed E-state index contributed by atoms with van der Waals surface area (Å²) in [6.45, 7) is 5.22. The molecule has 0 aromatic carbocycles. The fourth-order valence-electron chi connectivity index (χ4n) is 2.00. The highest BCUT2D eigenvalue weighted by Gasteiger charge is 2.29. The van der Waals surface area contributed by atoms with Crippen LogP contribution in [0.4, 0.5) is 0 Å². The molecule has 0 aromatic rings. The lowest BCUT2D eigenvalue weighted by molar-refractivity contribution is 0.0134. The molecule has 90 valence electrons. The lowest BCUT2D eigenvalue weighted by atomic mass is 9.80. The third-order valence-electron chi connectivity index (χ3n) is 2.41. The molecule has 0 bridgehead atoms. The fraction of sp³-hybridized carbons (Fsp3) is 0.643. The largest absolute Gasteiger partial charge is 0.384 e. The number of ether oxygens (including phenoxy) is 2. The highest BCUT2D eigenvalue weighted by molar-refractivity contribution is 5.06. The van der Waals surface area contributed by atoms with E-state index in [1.165, 1.54) is 5.57 Å². The van der Waals surface area contributed by atoms with Crippen LogP contribution in [0.1, 0.15) is 26.7 Å². The summed E-state index contributed by atoms with van der Waals surface area (Å²) in [5.74, 6) is 2.71. The summed E-state index contributed by atoms with van der Waals surface area (Å²) in [5.41, 5.74) is 4.23. The number of hydrogen-bond acceptors (Lipinski definition) is 2. The van der Waals surface area contributed by atoms with Crippen LogP contribution in [0.3, 0.4) is 0 Å². The van der Waals surface area contributed by atoms with Crippen molar-refractivity contribution in [1.82, 2.24) is 0 Å². The lowest BCUT2D eigenvalue weighted by Gasteiger charge is -2.30. The lowest BCUT2D eigenvalue weighted by Crippen LogP contribution is -2.31. The zero-order chi connectivity index (χ0) is 12.4. The molecule has 0 aliphatic carbocycles. The van der Waals surface area contributed by atoms with E-state index in [1.807, 2.05) is 13.0 Å². The van der Waals surface area contributed by atoms with Crippen LogP contribution in [0.15, 0.2) is 17.4 Å². The predicted octanol–water partition coefficient (Wildman–Crippen LogP) is 2.80. The number of rotatable bonds is 7. The van der Waals surface area contributed by atoms with E-state index in [-0.39, 0.29) is 5.41 Å². The molecule has 0 saturated heterocycles. The summed E-state index contributed by atoms with van der Waals surface area (Å²) < 4.78 is 10.5. The Balaban J connectivity index is 4.87. The van der Waals surface area contributed by atoms with Gasteiger partial charge in [-0.1, -0.05) is 0 Å². The van der Waals surface area contributed by atoms with Gasteiger partial charge in [0.1, 0.15) is 0 Å². The molecule has 0 fully saturated rings. The van der Waals surface area contributed by atoms with Crippen molar-refractivity contribution in [2.45, 2.75) is 26.7 Å². The average Bonchev–Trinajstić information content (AvgIpc) is 2.18. The first-order valence-electron chi connectivity index (χ1n) is 5.42. The minimum Gasteiger partial charge on any atom is -0.384 e. The fourth-order valence-corrected chi connectivity index (χ4v) is 2.00. The maximum Gasteiger partial charge on any atom is 0.0553 e. The first-order chi connectivity index (χ1) is 7.64. The SMILES string of the molecule is C#CCC(COC)(COC)CC(C)=C=CC. The number of terminal acetylenes is 1. The van der Waals surface area contributed by atoms with Crippen LogP contribution in [0, 0.1) is 17.8 Å². The Hall–Kier alpha value is -1.00. The Morgan fingerprint density at radius 1 is 1.31 bits per heavy atom. The van der Waals surface area contributed by atoms with E-state index >= 15 is 0 Å². The Morgan fingerprint density at radius 2 is 1.88 bits per heavy atom. The quantitative estimate of drug-likeness (QED) is 0.487. The van der Waals surface area contributed by atoms with E-state index in [9.17, 15) is 0 Å². The highest BCUT2D eigenvalue weighted by Crippen LogP contribution is 2.30. The van der Waals surface area contributed by atoms with Crippen LogP contribution in [-0.4, -0.2) is 27.4 Å². The first-order valence-corrected chi connectivity index (χ1v) is 5.42. The molecule has 0 aliphatic heterocycles. The second-order valence-electron chi connectivity index (χ2n) is 4.14. The van der Waals surface area contributed by atoms with Gasteiger partial charge in [-0.2, -0.15) is 0 Å². The molecular formula is C14H22O2. The molecule has 0 radical (unpaired) electrons. The maximum atomic E-state index is 5.43. The number of methoxy groups -OCH3 is 2. The molecule has 0 spiro atoms. The highest BCUT2D eigenvalue weighted by atomic mass is 16.5. The van der Waals surface area contributed by atoms with Gasteiger partial charge in [0.2, 0.25) is 0 Å². The average molecular weight is 222 g/mol. The van der Waals surface area contributed by atoms with Crippen molar-refractivity contribution in [2.24, 2.45) is 5.41 Å². The molecule has 0 saturated carbocycles. The zero-order valence-electron chi connectivity index (χ0n) is 10.8. The Kier molecular flexibility index (Phi) is 7.68. The van der Waals surface area contributed by atoms with Crippen molar-refractivity contribution < 1.29 is 9.47 Å². The van der Waals surface area contributed by atoms with Crippen LogP contribution < -0.4 is 0 Å². The van der Waals surface area contributed by atoms with Crippen molar-refractivity contribution in [1.29, 1.82) is 0 Å². The minimum atomic E-state index is -0.127. The molecular weight excluding hydrogens is 200 g/mol. The number of hydrogen-bond donors (Lipinski definition) is 0. The third kappa shape index (κ3) is 5.19. The van der Waals surface area contributed by atoms with Crippen molar-refractivity contribution in [2.75, 3.05) is 27.4 Å². The Labute approximate surface area is 99.3 Å². The van der Waals surface area contributed by atoms with Crippen LogP contribution in [0.5, 0.6) is 0 Å². The normalized spacial score (nSPS) is 10.4. The topological polar surface area (TPSA) is 18.5 Å². The molecule has 0 unspecified atom stereocenters. The van der Waals surface area contributed by atoms with E-state index in [4.69, 9.17) is 15.9 Å². The van der Waals surface area contributed by atoms with Crippen LogP contribution >= 0.6 is 0 Å². The molecule has 0 N–H and O–H groups in total. The Morgan fingerprint density at radius 3 is 2.25 bits per heavy atom. The molecule has 2 nitrogen and oxygen atoms in total. The molecule has 0 aromatic heterocycles. The van der Waals surface area contributed by atoms with E-state index in [0.717, 1.165) is 6.42 Å². The van der Waals surface area contributed by atoms with Gasteiger partial charge >= 0.3 is 0 Å². The standard InChI is InChI=1S/C14H22O2/c1-6-8-13(3)10-14(9-7-2,11-15-4)12-16-5/h2,6H,9-12H2,1,3-5H3. The third-order valence-corrected chi connectivity index (χ3v) is 2.41. The first kappa shape index (κ1) is 15.0. The van der Waals surface area contributed by atoms with Crippen molar-refractivity contribution >= 4 is 0 Å². The maximum absolute atomic E-state index is 5.43. The van der Waals surface area contributed by atoms with Gasteiger partial charge in [0.15, 0.2) is 0 Å². The van der Waals surface area contributed by atoms with Gasteiger partial charge in [-0.15, -0.1) is 18.1 Å². The monoisotopic (exact) mass is 222 g/mol. The smallest absolute Gasteiger partial charge is 0.0553 e.